The third-order valence-corrected chi connectivity index (χ3v) is 3.11. The molecule has 1 unspecified atom stereocenters. The molecule has 1 aliphatic heterocycles. The molecule has 6 nitrogen and oxygen atoms in total. The molecule has 0 saturated carbocycles. The third-order valence-electron chi connectivity index (χ3n) is 3.11. The molecule has 1 atom stereocenters. The monoisotopic (exact) mass is 247 g/mol. The summed E-state index contributed by atoms with van der Waals surface area (Å²) in [7, 11) is 0. The van der Waals surface area contributed by atoms with Crippen LogP contribution in [0, 0.1) is 21.4 Å². The number of aliphatic hydroxyl groups is 1. The van der Waals surface area contributed by atoms with E-state index in [-0.39, 0.29) is 11.3 Å². The average Bonchev–Trinajstić information content (AvgIpc) is 2.68. The first-order valence-electron chi connectivity index (χ1n) is 5.59. The lowest BCUT2D eigenvalue weighted by Crippen LogP contribution is -2.29. The van der Waals surface area contributed by atoms with Crippen LogP contribution in [0.4, 0.5) is 11.4 Å². The van der Waals surface area contributed by atoms with Crippen molar-refractivity contribution in [2.24, 2.45) is 0 Å². The average molecular weight is 247 g/mol. The first-order chi connectivity index (χ1) is 8.44. The summed E-state index contributed by atoms with van der Waals surface area (Å²) in [6.45, 7) is 2.58. The lowest BCUT2D eigenvalue weighted by atomic mass is 10.1. The zero-order valence-corrected chi connectivity index (χ0v) is 9.96. The van der Waals surface area contributed by atoms with Crippen LogP contribution in [0.5, 0.6) is 0 Å². The Morgan fingerprint density at radius 3 is 2.83 bits per heavy atom. The van der Waals surface area contributed by atoms with Crippen molar-refractivity contribution >= 4 is 11.4 Å². The van der Waals surface area contributed by atoms with Gasteiger partial charge in [0, 0.05) is 13.1 Å². The fraction of sp³-hybridized carbons (Fsp3) is 0.417. The van der Waals surface area contributed by atoms with Crippen molar-refractivity contribution in [3.05, 3.63) is 33.9 Å². The van der Waals surface area contributed by atoms with Crippen molar-refractivity contribution in [1.82, 2.24) is 0 Å². The molecule has 0 aromatic heterocycles. The van der Waals surface area contributed by atoms with Gasteiger partial charge >= 0.3 is 5.69 Å². The van der Waals surface area contributed by atoms with Gasteiger partial charge in [-0.2, -0.15) is 5.26 Å². The summed E-state index contributed by atoms with van der Waals surface area (Å²) in [5, 5.41) is 29.9. The first-order valence-corrected chi connectivity index (χ1v) is 5.59. The van der Waals surface area contributed by atoms with Crippen LogP contribution < -0.4 is 4.90 Å². The van der Waals surface area contributed by atoms with Crippen molar-refractivity contribution in [2.75, 3.05) is 18.0 Å². The van der Waals surface area contributed by atoms with Gasteiger partial charge in [-0.3, -0.25) is 10.1 Å². The van der Waals surface area contributed by atoms with Crippen LogP contribution in [0.15, 0.2) is 18.2 Å². The van der Waals surface area contributed by atoms with E-state index in [0.717, 1.165) is 0 Å². The smallest absolute Gasteiger partial charge is 0.310 e. The molecule has 6 heteroatoms. The van der Waals surface area contributed by atoms with Gasteiger partial charge in [-0.05, 0) is 25.5 Å². The van der Waals surface area contributed by atoms with Crippen molar-refractivity contribution in [1.29, 1.82) is 5.26 Å². The number of anilines is 1. The molecule has 0 bridgehead atoms. The van der Waals surface area contributed by atoms with Gasteiger partial charge in [0.2, 0.25) is 0 Å². The van der Waals surface area contributed by atoms with Gasteiger partial charge in [0.1, 0.15) is 17.3 Å². The van der Waals surface area contributed by atoms with Crippen LogP contribution in [0.1, 0.15) is 18.9 Å². The Balaban J connectivity index is 2.46. The van der Waals surface area contributed by atoms with Gasteiger partial charge < -0.3 is 10.0 Å². The third kappa shape index (κ3) is 2.13. The van der Waals surface area contributed by atoms with Crippen LogP contribution in [0.25, 0.3) is 0 Å². The highest BCUT2D eigenvalue weighted by molar-refractivity contribution is 5.70. The molecule has 1 N–H and O–H groups in total. The minimum absolute atomic E-state index is 0.0454. The van der Waals surface area contributed by atoms with Crippen molar-refractivity contribution < 1.29 is 10.0 Å². The van der Waals surface area contributed by atoms with Gasteiger partial charge in [-0.25, -0.2) is 0 Å². The zero-order chi connectivity index (χ0) is 13.3. The number of para-hydroxylation sites is 1. The Hall–Kier alpha value is -2.13. The Bertz CT molecular complexity index is 534. The lowest BCUT2D eigenvalue weighted by molar-refractivity contribution is -0.384. The number of rotatable bonds is 2. The van der Waals surface area contributed by atoms with Crippen molar-refractivity contribution in [3.63, 3.8) is 0 Å². The van der Waals surface area contributed by atoms with Gasteiger partial charge in [0.05, 0.1) is 10.5 Å². The van der Waals surface area contributed by atoms with Gasteiger partial charge in [-0.1, -0.05) is 6.07 Å². The maximum atomic E-state index is 11.1. The maximum Gasteiger partial charge on any atom is 0.310 e. The number of nitro groups is 1. The molecule has 1 saturated heterocycles. The highest BCUT2D eigenvalue weighted by Gasteiger charge is 2.35. The van der Waals surface area contributed by atoms with Gasteiger partial charge in [0.25, 0.3) is 0 Å². The molecule has 1 aromatic rings. The van der Waals surface area contributed by atoms with Crippen LogP contribution >= 0.6 is 0 Å². The summed E-state index contributed by atoms with van der Waals surface area (Å²) in [5.41, 5.74) is -0.574. The summed E-state index contributed by atoms with van der Waals surface area (Å²) in [5.74, 6) is 0. The Morgan fingerprint density at radius 2 is 2.33 bits per heavy atom. The van der Waals surface area contributed by atoms with Gasteiger partial charge in [-0.15, -0.1) is 0 Å². The van der Waals surface area contributed by atoms with E-state index in [9.17, 15) is 15.2 Å². The number of hydrogen-bond acceptors (Lipinski definition) is 5. The Labute approximate surface area is 104 Å². The molecule has 0 spiro atoms. The van der Waals surface area contributed by atoms with Crippen molar-refractivity contribution in [2.45, 2.75) is 18.9 Å². The summed E-state index contributed by atoms with van der Waals surface area (Å²) in [4.78, 5) is 12.3. The fourth-order valence-corrected chi connectivity index (χ4v) is 2.22. The van der Waals surface area contributed by atoms with E-state index in [1.54, 1.807) is 24.0 Å². The van der Waals surface area contributed by atoms with E-state index in [2.05, 4.69) is 0 Å². The first kappa shape index (κ1) is 12.3. The number of benzene rings is 1. The molecule has 1 aromatic carbocycles. The number of nitrogens with zero attached hydrogens (tertiary/aromatic N) is 3. The van der Waals surface area contributed by atoms with Crippen molar-refractivity contribution in [3.8, 4) is 6.07 Å². The van der Waals surface area contributed by atoms with E-state index in [1.807, 2.05) is 6.07 Å². The van der Waals surface area contributed by atoms with E-state index >= 15 is 0 Å². The Kier molecular flexibility index (Phi) is 2.93. The van der Waals surface area contributed by atoms with Gasteiger partial charge in [0.15, 0.2) is 0 Å². The van der Waals surface area contributed by atoms with Crippen LogP contribution in [0.2, 0.25) is 0 Å². The van der Waals surface area contributed by atoms with Crippen LogP contribution in [-0.4, -0.2) is 28.7 Å². The molecule has 2 rings (SSSR count). The normalized spacial score (nSPS) is 22.8. The molecular weight excluding hydrogens is 234 g/mol. The molecule has 94 valence electrons. The summed E-state index contributed by atoms with van der Waals surface area (Å²) < 4.78 is 0. The fourth-order valence-electron chi connectivity index (χ4n) is 2.22. The highest BCUT2D eigenvalue weighted by Crippen LogP contribution is 2.35. The predicted octanol–water partition coefficient (Wildman–Crippen LogP) is 1.43. The van der Waals surface area contributed by atoms with Crippen LogP contribution in [-0.2, 0) is 0 Å². The number of β-amino-alcohol motifs (C(OH)–C–C–N with tert-alkyl or cyclic N) is 1. The second-order valence-corrected chi connectivity index (χ2v) is 4.71. The summed E-state index contributed by atoms with van der Waals surface area (Å²) in [6, 6.07) is 6.49. The number of hydrogen-bond donors (Lipinski definition) is 1. The van der Waals surface area contributed by atoms with E-state index in [4.69, 9.17) is 5.26 Å². The zero-order valence-electron chi connectivity index (χ0n) is 9.96. The molecule has 0 radical (unpaired) electrons. The van der Waals surface area contributed by atoms with E-state index < -0.39 is 10.5 Å². The SMILES string of the molecule is CC1(O)CCN(c2cccc(C#N)c2[N+](=O)[O-])C1. The number of nitriles is 1. The highest BCUT2D eigenvalue weighted by atomic mass is 16.6. The quantitative estimate of drug-likeness (QED) is 0.630. The topological polar surface area (TPSA) is 90.4 Å². The minimum Gasteiger partial charge on any atom is -0.388 e. The molecule has 1 heterocycles. The van der Waals surface area contributed by atoms with E-state index in [0.29, 0.717) is 25.2 Å². The van der Waals surface area contributed by atoms with E-state index in [1.165, 1.54) is 6.07 Å². The molecule has 0 amide bonds. The summed E-state index contributed by atoms with van der Waals surface area (Å²) >= 11 is 0. The second-order valence-electron chi connectivity index (χ2n) is 4.71. The standard InChI is InChI=1S/C12H13N3O3/c1-12(16)5-6-14(8-12)10-4-2-3-9(7-13)11(10)15(17)18/h2-4,16H,5-6,8H2,1H3. The second kappa shape index (κ2) is 4.27. The molecular formula is C12H13N3O3. The largest absolute Gasteiger partial charge is 0.388 e. The summed E-state index contributed by atoms with van der Waals surface area (Å²) in [6.07, 6.45) is 0.556. The molecule has 18 heavy (non-hydrogen) atoms. The van der Waals surface area contributed by atoms with Crippen LogP contribution in [0.3, 0.4) is 0 Å². The Morgan fingerprint density at radius 1 is 1.61 bits per heavy atom. The minimum atomic E-state index is -0.837. The maximum absolute atomic E-state index is 11.1. The molecule has 1 fully saturated rings. The molecule has 1 aliphatic rings. The lowest BCUT2D eigenvalue weighted by Gasteiger charge is -2.20. The number of nitro benzene ring substituents is 1. The predicted molar refractivity (Wildman–Crippen MR) is 65.3 cm³/mol. The molecule has 0 aliphatic carbocycles.